The van der Waals surface area contributed by atoms with E-state index in [0.717, 1.165) is 23.9 Å². The number of H-pyrrole nitrogens is 1. The van der Waals surface area contributed by atoms with Crippen LogP contribution >= 0.6 is 0 Å². The fraction of sp³-hybridized carbons (Fsp3) is 0.353. The molecule has 1 aromatic carbocycles. The second-order valence-electron chi connectivity index (χ2n) is 6.05. The van der Waals surface area contributed by atoms with Crippen LogP contribution in [0.1, 0.15) is 35.2 Å². The molecule has 0 spiro atoms. The number of carbonyl (C=O) groups is 1. The molecule has 3 heterocycles. The predicted molar refractivity (Wildman–Crippen MR) is 84.0 cm³/mol. The number of benzene rings is 1. The Morgan fingerprint density at radius 1 is 1.38 bits per heavy atom. The van der Waals surface area contributed by atoms with Crippen molar-refractivity contribution in [2.45, 2.75) is 25.3 Å². The van der Waals surface area contributed by atoms with Crippen molar-refractivity contribution in [2.24, 2.45) is 5.73 Å². The van der Waals surface area contributed by atoms with Gasteiger partial charge in [0.1, 0.15) is 0 Å². The van der Waals surface area contributed by atoms with E-state index in [1.807, 2.05) is 12.1 Å². The van der Waals surface area contributed by atoms with E-state index in [1.54, 1.807) is 6.07 Å². The van der Waals surface area contributed by atoms with Gasteiger partial charge in [-0.25, -0.2) is 0 Å². The van der Waals surface area contributed by atoms with Gasteiger partial charge in [0.05, 0.1) is 0 Å². The molecule has 1 saturated heterocycles. The first-order valence-corrected chi connectivity index (χ1v) is 7.57. The second kappa shape index (κ2) is 4.74. The molecular formula is C17H19N3O. The molecule has 0 aliphatic carbocycles. The third kappa shape index (κ3) is 2.07. The zero-order valence-electron chi connectivity index (χ0n) is 11.9. The zero-order valence-corrected chi connectivity index (χ0v) is 11.9. The van der Waals surface area contributed by atoms with Gasteiger partial charge in [0.15, 0.2) is 0 Å². The number of amides is 1. The van der Waals surface area contributed by atoms with Crippen LogP contribution in [0.25, 0.3) is 16.5 Å². The SMILES string of the molecule is NC(=O)c1ccc2[nH]cc(C3=CCN4CCCC4C3)c2c1. The maximum Gasteiger partial charge on any atom is 0.248 e. The molecule has 1 atom stereocenters. The van der Waals surface area contributed by atoms with Gasteiger partial charge in [0.2, 0.25) is 5.91 Å². The van der Waals surface area contributed by atoms with E-state index < -0.39 is 0 Å². The summed E-state index contributed by atoms with van der Waals surface area (Å²) in [6.45, 7) is 2.27. The second-order valence-corrected chi connectivity index (χ2v) is 6.05. The summed E-state index contributed by atoms with van der Waals surface area (Å²) >= 11 is 0. The number of nitrogens with one attached hydrogen (secondary N) is 1. The number of aromatic amines is 1. The summed E-state index contributed by atoms with van der Waals surface area (Å²) in [5.41, 5.74) is 9.65. The van der Waals surface area contributed by atoms with E-state index in [-0.39, 0.29) is 5.91 Å². The highest BCUT2D eigenvalue weighted by atomic mass is 16.1. The number of nitrogens with zero attached hydrogens (tertiary/aromatic N) is 1. The van der Waals surface area contributed by atoms with Gasteiger partial charge < -0.3 is 10.7 Å². The van der Waals surface area contributed by atoms with Crippen molar-refractivity contribution in [1.82, 2.24) is 9.88 Å². The zero-order chi connectivity index (χ0) is 14.4. The number of aromatic nitrogens is 1. The molecule has 0 bridgehead atoms. The minimum atomic E-state index is -0.372. The number of nitrogens with two attached hydrogens (primary N) is 1. The van der Waals surface area contributed by atoms with Crippen molar-refractivity contribution in [2.75, 3.05) is 13.1 Å². The summed E-state index contributed by atoms with van der Waals surface area (Å²) in [4.78, 5) is 17.3. The molecule has 1 fully saturated rings. The van der Waals surface area contributed by atoms with Crippen LogP contribution in [0.3, 0.4) is 0 Å². The normalized spacial score (nSPS) is 22.3. The number of rotatable bonds is 2. The first-order chi connectivity index (χ1) is 10.2. The van der Waals surface area contributed by atoms with Gasteiger partial charge in [-0.2, -0.15) is 0 Å². The van der Waals surface area contributed by atoms with Crippen LogP contribution in [0.2, 0.25) is 0 Å². The van der Waals surface area contributed by atoms with Gasteiger partial charge in [-0.05, 0) is 49.6 Å². The lowest BCUT2D eigenvalue weighted by Gasteiger charge is -2.29. The van der Waals surface area contributed by atoms with E-state index in [2.05, 4.69) is 22.2 Å². The third-order valence-electron chi connectivity index (χ3n) is 4.84. The number of fused-ring (bicyclic) bond motifs is 2. The van der Waals surface area contributed by atoms with Gasteiger partial charge in [0.25, 0.3) is 0 Å². The molecule has 2 aliphatic rings. The Labute approximate surface area is 123 Å². The highest BCUT2D eigenvalue weighted by Gasteiger charge is 2.28. The summed E-state index contributed by atoms with van der Waals surface area (Å²) < 4.78 is 0. The molecule has 2 aromatic rings. The molecule has 0 radical (unpaired) electrons. The minimum Gasteiger partial charge on any atom is -0.366 e. The van der Waals surface area contributed by atoms with Gasteiger partial charge in [-0.3, -0.25) is 9.69 Å². The quantitative estimate of drug-likeness (QED) is 0.888. The summed E-state index contributed by atoms with van der Waals surface area (Å²) in [6, 6.07) is 6.31. The van der Waals surface area contributed by atoms with Crippen molar-refractivity contribution >= 4 is 22.4 Å². The molecule has 1 amide bonds. The molecule has 108 valence electrons. The lowest BCUT2D eigenvalue weighted by molar-refractivity contribution is 0.100. The van der Waals surface area contributed by atoms with E-state index in [1.165, 1.54) is 30.5 Å². The number of carbonyl (C=O) groups excluding carboxylic acids is 1. The number of hydrogen-bond acceptors (Lipinski definition) is 2. The molecule has 4 heteroatoms. The minimum absolute atomic E-state index is 0.372. The van der Waals surface area contributed by atoms with Crippen molar-refractivity contribution in [3.63, 3.8) is 0 Å². The van der Waals surface area contributed by atoms with E-state index in [0.29, 0.717) is 11.6 Å². The molecule has 3 N–H and O–H groups in total. The topological polar surface area (TPSA) is 62.1 Å². The first-order valence-electron chi connectivity index (χ1n) is 7.57. The van der Waals surface area contributed by atoms with Crippen molar-refractivity contribution < 1.29 is 4.79 Å². The van der Waals surface area contributed by atoms with Crippen LogP contribution in [-0.4, -0.2) is 34.9 Å². The predicted octanol–water partition coefficient (Wildman–Crippen LogP) is 2.52. The first kappa shape index (κ1) is 12.7. The Hall–Kier alpha value is -2.07. The highest BCUT2D eigenvalue weighted by Crippen LogP contribution is 2.35. The van der Waals surface area contributed by atoms with Crippen molar-refractivity contribution in [3.05, 3.63) is 41.6 Å². The Kier molecular flexibility index (Phi) is 2.86. The summed E-state index contributed by atoms with van der Waals surface area (Å²) in [6.07, 6.45) is 8.11. The average molecular weight is 281 g/mol. The maximum absolute atomic E-state index is 11.4. The molecule has 4 rings (SSSR count). The molecular weight excluding hydrogens is 262 g/mol. The van der Waals surface area contributed by atoms with Gasteiger partial charge in [0, 0.05) is 40.8 Å². The number of primary amides is 1. The Morgan fingerprint density at radius 2 is 2.29 bits per heavy atom. The van der Waals surface area contributed by atoms with Crippen molar-refractivity contribution in [1.29, 1.82) is 0 Å². The van der Waals surface area contributed by atoms with Gasteiger partial charge in [-0.1, -0.05) is 6.08 Å². The monoisotopic (exact) mass is 281 g/mol. The van der Waals surface area contributed by atoms with Gasteiger partial charge >= 0.3 is 0 Å². The van der Waals surface area contributed by atoms with E-state index in [4.69, 9.17) is 5.73 Å². The summed E-state index contributed by atoms with van der Waals surface area (Å²) in [7, 11) is 0. The molecule has 21 heavy (non-hydrogen) atoms. The molecule has 1 unspecified atom stereocenters. The van der Waals surface area contributed by atoms with Crippen LogP contribution in [0, 0.1) is 0 Å². The summed E-state index contributed by atoms with van der Waals surface area (Å²) in [5.74, 6) is -0.372. The lowest BCUT2D eigenvalue weighted by atomic mass is 9.93. The fourth-order valence-electron chi connectivity index (χ4n) is 3.69. The van der Waals surface area contributed by atoms with Crippen LogP contribution in [0.15, 0.2) is 30.5 Å². The molecule has 2 aliphatic heterocycles. The van der Waals surface area contributed by atoms with Crippen LogP contribution in [-0.2, 0) is 0 Å². The Bertz CT molecular complexity index is 744. The standard InChI is InChI=1S/C17H19N3O/c18-17(21)12-3-4-16-14(9-12)15(10-19-16)11-5-7-20-6-1-2-13(20)8-11/h3-5,9-10,13,19H,1-2,6-8H2,(H2,18,21). The number of hydrogen-bond donors (Lipinski definition) is 2. The van der Waals surface area contributed by atoms with Crippen molar-refractivity contribution in [3.8, 4) is 0 Å². The third-order valence-corrected chi connectivity index (χ3v) is 4.84. The highest BCUT2D eigenvalue weighted by molar-refractivity contribution is 6.00. The summed E-state index contributed by atoms with van der Waals surface area (Å²) in [5, 5.41) is 1.10. The van der Waals surface area contributed by atoms with Crippen LogP contribution < -0.4 is 5.73 Å². The van der Waals surface area contributed by atoms with Gasteiger partial charge in [-0.15, -0.1) is 0 Å². The largest absolute Gasteiger partial charge is 0.366 e. The fourth-order valence-corrected chi connectivity index (χ4v) is 3.69. The molecule has 4 nitrogen and oxygen atoms in total. The Balaban J connectivity index is 1.76. The molecule has 0 saturated carbocycles. The van der Waals surface area contributed by atoms with E-state index in [9.17, 15) is 4.79 Å². The molecule has 1 aromatic heterocycles. The maximum atomic E-state index is 11.4. The lowest BCUT2D eigenvalue weighted by Crippen LogP contribution is -2.32. The van der Waals surface area contributed by atoms with Crippen LogP contribution in [0.5, 0.6) is 0 Å². The Morgan fingerprint density at radius 3 is 3.14 bits per heavy atom. The van der Waals surface area contributed by atoms with E-state index >= 15 is 0 Å². The smallest absolute Gasteiger partial charge is 0.248 e. The van der Waals surface area contributed by atoms with Crippen LogP contribution in [0.4, 0.5) is 0 Å². The average Bonchev–Trinajstić information content (AvgIpc) is 3.12.